The van der Waals surface area contributed by atoms with Crippen LogP contribution in [0.4, 0.5) is 4.39 Å². The fraction of sp³-hybridized carbons (Fsp3) is 0.533. The van der Waals surface area contributed by atoms with E-state index in [1.54, 1.807) is 12.1 Å². The van der Waals surface area contributed by atoms with Crippen molar-refractivity contribution in [1.82, 2.24) is 4.90 Å². The molecule has 5 heteroatoms. The molecule has 1 aromatic rings. The van der Waals surface area contributed by atoms with Crippen molar-refractivity contribution in [2.75, 3.05) is 19.8 Å². The Balaban J connectivity index is 1.75. The third-order valence-electron chi connectivity index (χ3n) is 3.89. The molecule has 0 N–H and O–H groups in total. The third-order valence-corrected chi connectivity index (χ3v) is 4.50. The molecular weight excluding hydrogens is 325 g/mol. The number of benzene rings is 1. The molecule has 2 aliphatic rings. The van der Waals surface area contributed by atoms with Gasteiger partial charge in [0, 0.05) is 30.7 Å². The topological polar surface area (TPSA) is 29.5 Å². The Kier molecular flexibility index (Phi) is 4.08. The molecule has 1 aliphatic heterocycles. The van der Waals surface area contributed by atoms with E-state index in [1.165, 1.54) is 6.07 Å². The van der Waals surface area contributed by atoms with E-state index < -0.39 is 0 Å². The van der Waals surface area contributed by atoms with Gasteiger partial charge < -0.3 is 9.64 Å². The third kappa shape index (κ3) is 3.04. The Morgan fingerprint density at radius 1 is 1.40 bits per heavy atom. The summed E-state index contributed by atoms with van der Waals surface area (Å²) in [6, 6.07) is 4.81. The minimum absolute atomic E-state index is 0.0000926. The van der Waals surface area contributed by atoms with Gasteiger partial charge in [-0.05, 0) is 53.4 Å². The van der Waals surface area contributed by atoms with Gasteiger partial charge in [-0.15, -0.1) is 0 Å². The van der Waals surface area contributed by atoms with Crippen LogP contribution < -0.4 is 0 Å². The Hall–Kier alpha value is -0.940. The highest BCUT2D eigenvalue weighted by Gasteiger charge is 2.35. The SMILES string of the molecule is O=C(c1ccc(F)c(Br)c1)N(CC1CCOC1)C1CC1. The summed E-state index contributed by atoms with van der Waals surface area (Å²) in [6.45, 7) is 2.28. The number of ether oxygens (including phenoxy) is 1. The Labute approximate surface area is 126 Å². The van der Waals surface area contributed by atoms with Crippen molar-refractivity contribution < 1.29 is 13.9 Å². The molecule has 0 bridgehead atoms. The second kappa shape index (κ2) is 5.82. The quantitative estimate of drug-likeness (QED) is 0.841. The van der Waals surface area contributed by atoms with Crippen molar-refractivity contribution in [3.63, 3.8) is 0 Å². The zero-order valence-electron chi connectivity index (χ0n) is 11.1. The van der Waals surface area contributed by atoms with E-state index in [0.29, 0.717) is 22.0 Å². The summed E-state index contributed by atoms with van der Waals surface area (Å²) >= 11 is 3.14. The maximum atomic E-state index is 13.3. The molecule has 1 atom stereocenters. The maximum Gasteiger partial charge on any atom is 0.254 e. The first-order valence-corrected chi connectivity index (χ1v) is 7.78. The normalized spacial score (nSPS) is 22.0. The largest absolute Gasteiger partial charge is 0.381 e. The lowest BCUT2D eigenvalue weighted by Gasteiger charge is -2.25. The number of hydrogen-bond acceptors (Lipinski definition) is 2. The number of hydrogen-bond donors (Lipinski definition) is 0. The van der Waals surface area contributed by atoms with Gasteiger partial charge in [0.15, 0.2) is 0 Å². The van der Waals surface area contributed by atoms with Crippen molar-refractivity contribution in [3.8, 4) is 0 Å². The van der Waals surface area contributed by atoms with Gasteiger partial charge in [0.05, 0.1) is 11.1 Å². The van der Waals surface area contributed by atoms with Crippen molar-refractivity contribution in [1.29, 1.82) is 0 Å². The number of carbonyl (C=O) groups excluding carboxylic acids is 1. The molecule has 1 amide bonds. The zero-order valence-corrected chi connectivity index (χ0v) is 12.7. The van der Waals surface area contributed by atoms with E-state index in [1.807, 2.05) is 4.90 Å². The van der Waals surface area contributed by atoms with E-state index in [2.05, 4.69) is 15.9 Å². The monoisotopic (exact) mass is 341 g/mol. The first-order chi connectivity index (χ1) is 9.65. The molecule has 3 rings (SSSR count). The van der Waals surface area contributed by atoms with Crippen LogP contribution in [0.5, 0.6) is 0 Å². The van der Waals surface area contributed by atoms with Crippen LogP contribution in [0.2, 0.25) is 0 Å². The van der Waals surface area contributed by atoms with Gasteiger partial charge in [0.1, 0.15) is 5.82 Å². The minimum atomic E-state index is -0.344. The predicted octanol–water partition coefficient (Wildman–Crippen LogP) is 3.23. The Morgan fingerprint density at radius 2 is 2.20 bits per heavy atom. The molecule has 1 heterocycles. The molecule has 0 radical (unpaired) electrons. The smallest absolute Gasteiger partial charge is 0.254 e. The highest BCUT2D eigenvalue weighted by atomic mass is 79.9. The summed E-state index contributed by atoms with van der Waals surface area (Å²) < 4.78 is 19.0. The molecule has 1 saturated carbocycles. The fourth-order valence-corrected chi connectivity index (χ4v) is 2.96. The highest BCUT2D eigenvalue weighted by molar-refractivity contribution is 9.10. The molecule has 1 unspecified atom stereocenters. The van der Waals surface area contributed by atoms with Gasteiger partial charge in [-0.1, -0.05) is 0 Å². The zero-order chi connectivity index (χ0) is 14.1. The average Bonchev–Trinajstić information content (AvgIpc) is 3.15. The molecule has 20 heavy (non-hydrogen) atoms. The van der Waals surface area contributed by atoms with Crippen LogP contribution in [0.3, 0.4) is 0 Å². The number of carbonyl (C=O) groups is 1. The number of nitrogens with zero attached hydrogens (tertiary/aromatic N) is 1. The molecule has 3 nitrogen and oxygen atoms in total. The molecule has 0 aromatic heterocycles. The Morgan fingerprint density at radius 3 is 2.80 bits per heavy atom. The second-order valence-electron chi connectivity index (χ2n) is 5.55. The van der Waals surface area contributed by atoms with Crippen LogP contribution in [0.15, 0.2) is 22.7 Å². The van der Waals surface area contributed by atoms with Crippen molar-refractivity contribution in [3.05, 3.63) is 34.1 Å². The summed E-state index contributed by atoms with van der Waals surface area (Å²) in [5.74, 6) is 0.0900. The summed E-state index contributed by atoms with van der Waals surface area (Å²) in [5, 5.41) is 0. The molecule has 108 valence electrons. The minimum Gasteiger partial charge on any atom is -0.381 e. The summed E-state index contributed by atoms with van der Waals surface area (Å²) in [4.78, 5) is 14.6. The lowest BCUT2D eigenvalue weighted by atomic mass is 10.1. The van der Waals surface area contributed by atoms with Crippen LogP contribution >= 0.6 is 15.9 Å². The van der Waals surface area contributed by atoms with Crippen LogP contribution in [0.25, 0.3) is 0 Å². The van der Waals surface area contributed by atoms with E-state index in [4.69, 9.17) is 4.74 Å². The number of amides is 1. The van der Waals surface area contributed by atoms with E-state index in [9.17, 15) is 9.18 Å². The number of rotatable bonds is 4. The van der Waals surface area contributed by atoms with Gasteiger partial charge in [-0.3, -0.25) is 4.79 Å². The van der Waals surface area contributed by atoms with Crippen LogP contribution in [0, 0.1) is 11.7 Å². The molecule has 1 saturated heterocycles. The van der Waals surface area contributed by atoms with Crippen LogP contribution in [-0.4, -0.2) is 36.6 Å². The summed E-state index contributed by atoms with van der Waals surface area (Å²) in [7, 11) is 0. The van der Waals surface area contributed by atoms with Gasteiger partial charge in [0.2, 0.25) is 0 Å². The van der Waals surface area contributed by atoms with E-state index >= 15 is 0 Å². The molecule has 2 fully saturated rings. The molecule has 0 spiro atoms. The molecule has 1 aliphatic carbocycles. The van der Waals surface area contributed by atoms with E-state index in [0.717, 1.165) is 39.0 Å². The standard InChI is InChI=1S/C15H17BrFNO2/c16-13-7-11(1-4-14(13)17)15(19)18(12-2-3-12)8-10-5-6-20-9-10/h1,4,7,10,12H,2-3,5-6,8-9H2. The van der Waals surface area contributed by atoms with Crippen LogP contribution in [0.1, 0.15) is 29.6 Å². The molecule has 1 aromatic carbocycles. The summed E-state index contributed by atoms with van der Waals surface area (Å²) in [6.07, 6.45) is 3.16. The van der Waals surface area contributed by atoms with Gasteiger partial charge >= 0.3 is 0 Å². The van der Waals surface area contributed by atoms with Crippen molar-refractivity contribution >= 4 is 21.8 Å². The highest BCUT2D eigenvalue weighted by Crippen LogP contribution is 2.31. The molecular formula is C15H17BrFNO2. The predicted molar refractivity (Wildman–Crippen MR) is 77.1 cm³/mol. The first kappa shape index (κ1) is 14.0. The first-order valence-electron chi connectivity index (χ1n) is 6.99. The lowest BCUT2D eigenvalue weighted by Crippen LogP contribution is -2.37. The Bertz CT molecular complexity index is 513. The van der Waals surface area contributed by atoms with E-state index in [-0.39, 0.29) is 11.7 Å². The maximum absolute atomic E-state index is 13.3. The average molecular weight is 342 g/mol. The fourth-order valence-electron chi connectivity index (χ4n) is 2.58. The van der Waals surface area contributed by atoms with Crippen LogP contribution in [-0.2, 0) is 4.74 Å². The van der Waals surface area contributed by atoms with Crippen molar-refractivity contribution in [2.45, 2.75) is 25.3 Å². The second-order valence-corrected chi connectivity index (χ2v) is 6.40. The van der Waals surface area contributed by atoms with Gasteiger partial charge in [-0.2, -0.15) is 0 Å². The lowest BCUT2D eigenvalue weighted by molar-refractivity contribution is 0.0706. The van der Waals surface area contributed by atoms with Gasteiger partial charge in [0.25, 0.3) is 5.91 Å². The van der Waals surface area contributed by atoms with Gasteiger partial charge in [-0.25, -0.2) is 4.39 Å². The number of halogens is 2. The van der Waals surface area contributed by atoms with Crippen molar-refractivity contribution in [2.24, 2.45) is 5.92 Å². The summed E-state index contributed by atoms with van der Waals surface area (Å²) in [5.41, 5.74) is 0.545.